The second-order valence-electron chi connectivity index (χ2n) is 13.7. The summed E-state index contributed by atoms with van der Waals surface area (Å²) in [6.07, 6.45) is 6.81. The highest BCUT2D eigenvalue weighted by Gasteiger charge is 2.46. The Kier molecular flexibility index (Phi) is 7.38. The standard InChI is InChI=1S/C51H34S/c1-5-17-35(18-6-1)37-29-31-47-45(33-37)46-34-38(30-32-48(46)51(47,39-21-9-3-10-22-39)40-23-11-4-12-24-40)49-43-27-15-16-28-44(43)50(52-49)42-26-14-13-25-41(42)36-19-7-2-8-20-36/h1-7,9-15,17-19,21-27,29-34H,16,28H2. The molecule has 0 unspecified atom stereocenters. The molecule has 7 aromatic carbocycles. The van der Waals surface area contributed by atoms with Crippen LogP contribution < -0.4 is 0 Å². The van der Waals surface area contributed by atoms with E-state index in [0.29, 0.717) is 0 Å². The van der Waals surface area contributed by atoms with Crippen LogP contribution in [-0.2, 0) is 11.8 Å². The molecule has 1 aromatic heterocycles. The van der Waals surface area contributed by atoms with E-state index in [1.165, 1.54) is 82.1 Å². The Morgan fingerprint density at radius 1 is 0.500 bits per heavy atom. The van der Waals surface area contributed by atoms with Crippen molar-refractivity contribution in [2.45, 2.75) is 18.3 Å². The van der Waals surface area contributed by atoms with E-state index in [1.807, 2.05) is 17.4 Å². The molecule has 2 aliphatic rings. The van der Waals surface area contributed by atoms with Crippen LogP contribution >= 0.6 is 11.3 Å². The van der Waals surface area contributed by atoms with Crippen LogP contribution in [0.2, 0.25) is 0 Å². The Morgan fingerprint density at radius 2 is 1.12 bits per heavy atom. The molecule has 1 heterocycles. The van der Waals surface area contributed by atoms with Gasteiger partial charge in [-0.15, -0.1) is 11.3 Å². The lowest BCUT2D eigenvalue weighted by atomic mass is 9.67. The molecule has 10 rings (SSSR count). The lowest BCUT2D eigenvalue weighted by Gasteiger charge is -2.34. The molecule has 0 radical (unpaired) electrons. The van der Waals surface area contributed by atoms with Crippen LogP contribution in [0.4, 0.5) is 0 Å². The van der Waals surface area contributed by atoms with E-state index in [2.05, 4.69) is 188 Å². The lowest BCUT2D eigenvalue weighted by Crippen LogP contribution is -2.28. The Bertz CT molecular complexity index is 2550. The van der Waals surface area contributed by atoms with Gasteiger partial charge in [0.1, 0.15) is 0 Å². The Hall–Kier alpha value is -6.20. The van der Waals surface area contributed by atoms with Crippen molar-refractivity contribution in [1.82, 2.24) is 0 Å². The molecule has 0 fully saturated rings. The van der Waals surface area contributed by atoms with E-state index in [4.69, 9.17) is 0 Å². The molecule has 52 heavy (non-hydrogen) atoms. The Balaban J connectivity index is 1.22. The topological polar surface area (TPSA) is 0 Å². The van der Waals surface area contributed by atoms with E-state index in [1.54, 1.807) is 0 Å². The highest BCUT2D eigenvalue weighted by atomic mass is 32.1. The van der Waals surface area contributed by atoms with Crippen molar-refractivity contribution in [3.8, 4) is 54.3 Å². The van der Waals surface area contributed by atoms with Crippen molar-refractivity contribution >= 4 is 17.4 Å². The van der Waals surface area contributed by atoms with E-state index < -0.39 is 5.41 Å². The smallest absolute Gasteiger partial charge is 0.0713 e. The van der Waals surface area contributed by atoms with E-state index in [0.717, 1.165) is 18.4 Å². The van der Waals surface area contributed by atoms with Crippen molar-refractivity contribution in [2.75, 3.05) is 0 Å². The van der Waals surface area contributed by atoms with Gasteiger partial charge < -0.3 is 0 Å². The number of benzene rings is 6. The number of allylic oxidation sites excluding steroid dienone is 1. The highest BCUT2D eigenvalue weighted by Crippen LogP contribution is 2.58. The van der Waals surface area contributed by atoms with Gasteiger partial charge in [-0.05, 0) is 104 Å². The number of rotatable bonds is 6. The summed E-state index contributed by atoms with van der Waals surface area (Å²) in [6.45, 7) is 0. The van der Waals surface area contributed by atoms with Crippen molar-refractivity contribution in [3.05, 3.63) is 221 Å². The van der Waals surface area contributed by atoms with Gasteiger partial charge in [0.25, 0.3) is 0 Å². The van der Waals surface area contributed by atoms with Crippen LogP contribution in [0, 0.1) is 12.1 Å². The minimum atomic E-state index is -0.441. The molecule has 0 nitrogen and oxygen atoms in total. The normalized spacial score (nSPS) is 13.5. The lowest BCUT2D eigenvalue weighted by molar-refractivity contribution is 0.768. The first kappa shape index (κ1) is 30.6. The molecule has 0 aliphatic heterocycles. The van der Waals surface area contributed by atoms with E-state index in [9.17, 15) is 0 Å². The second-order valence-corrected chi connectivity index (χ2v) is 14.7. The van der Waals surface area contributed by atoms with Crippen LogP contribution in [0.5, 0.6) is 0 Å². The molecule has 8 aromatic rings. The van der Waals surface area contributed by atoms with Gasteiger partial charge in [-0.25, -0.2) is 0 Å². The quantitative estimate of drug-likeness (QED) is 0.164. The third kappa shape index (κ3) is 4.76. The third-order valence-electron chi connectivity index (χ3n) is 10.9. The minimum Gasteiger partial charge on any atom is -0.134 e. The van der Waals surface area contributed by atoms with Crippen LogP contribution in [0.25, 0.3) is 60.3 Å². The summed E-state index contributed by atoms with van der Waals surface area (Å²) in [5, 5.41) is 0. The first-order valence-corrected chi connectivity index (χ1v) is 18.9. The fourth-order valence-corrected chi connectivity index (χ4v) is 10.0. The maximum absolute atomic E-state index is 3.37. The molecule has 0 spiro atoms. The van der Waals surface area contributed by atoms with Gasteiger partial charge in [0.05, 0.1) is 5.41 Å². The van der Waals surface area contributed by atoms with Crippen LogP contribution in [0.1, 0.15) is 39.8 Å². The second kappa shape index (κ2) is 12.5. The van der Waals surface area contributed by atoms with E-state index in [-0.39, 0.29) is 0 Å². The number of hydrogen-bond acceptors (Lipinski definition) is 1. The SMILES string of the molecule is c1cccc(-c2ccccc2-c2sc(-c3ccc4c(c3)-c3cc(-c5ccccc5)ccc3C4(c3ccccc3)c3ccccc3)c3c2CCC=C3)c#1. The number of hydrogen-bond donors (Lipinski definition) is 0. The van der Waals surface area contributed by atoms with Gasteiger partial charge in [-0.3, -0.25) is 0 Å². The highest BCUT2D eigenvalue weighted by molar-refractivity contribution is 7.19. The maximum atomic E-state index is 3.37. The third-order valence-corrected chi connectivity index (χ3v) is 12.3. The molecule has 0 amide bonds. The summed E-state index contributed by atoms with van der Waals surface area (Å²) >= 11 is 1.93. The van der Waals surface area contributed by atoms with Gasteiger partial charge in [-0.2, -0.15) is 0 Å². The van der Waals surface area contributed by atoms with Crippen LogP contribution in [0.3, 0.4) is 0 Å². The Labute approximate surface area is 310 Å². The molecule has 244 valence electrons. The minimum absolute atomic E-state index is 0.441. The average Bonchev–Trinajstić information content (AvgIpc) is 3.76. The predicted octanol–water partition coefficient (Wildman–Crippen LogP) is 13.3. The fraction of sp³-hybridized carbons (Fsp3) is 0.0588. The van der Waals surface area contributed by atoms with Gasteiger partial charge in [0, 0.05) is 20.9 Å². The van der Waals surface area contributed by atoms with Gasteiger partial charge in [0.2, 0.25) is 0 Å². The molecular formula is C51H34S. The summed E-state index contributed by atoms with van der Waals surface area (Å²) in [5.74, 6) is 0. The largest absolute Gasteiger partial charge is 0.134 e. The Morgan fingerprint density at radius 3 is 1.79 bits per heavy atom. The molecule has 0 atom stereocenters. The predicted molar refractivity (Wildman–Crippen MR) is 218 cm³/mol. The molecule has 0 saturated carbocycles. The summed E-state index contributed by atoms with van der Waals surface area (Å²) < 4.78 is 0. The molecule has 2 aliphatic carbocycles. The first-order valence-electron chi connectivity index (χ1n) is 18.1. The van der Waals surface area contributed by atoms with Crippen molar-refractivity contribution in [1.29, 1.82) is 0 Å². The fourth-order valence-electron chi connectivity index (χ4n) is 8.64. The molecule has 0 N–H and O–H groups in total. The number of thiophene rings is 1. The van der Waals surface area contributed by atoms with Crippen LogP contribution in [-0.4, -0.2) is 0 Å². The summed E-state index contributed by atoms with van der Waals surface area (Å²) in [4.78, 5) is 2.69. The van der Waals surface area contributed by atoms with Crippen molar-refractivity contribution in [3.63, 3.8) is 0 Å². The van der Waals surface area contributed by atoms with Crippen molar-refractivity contribution < 1.29 is 0 Å². The average molecular weight is 679 g/mol. The first-order chi connectivity index (χ1) is 25.8. The summed E-state index contributed by atoms with van der Waals surface area (Å²) in [5.41, 5.74) is 17.5. The zero-order valence-electron chi connectivity index (χ0n) is 28.6. The van der Waals surface area contributed by atoms with Gasteiger partial charge in [-0.1, -0.05) is 170 Å². The zero-order valence-corrected chi connectivity index (χ0v) is 29.5. The summed E-state index contributed by atoms with van der Waals surface area (Å²) in [7, 11) is 0. The molecule has 1 heteroatoms. The number of fused-ring (bicyclic) bond motifs is 4. The van der Waals surface area contributed by atoms with Crippen molar-refractivity contribution in [2.24, 2.45) is 0 Å². The molecule has 0 bridgehead atoms. The summed E-state index contributed by atoms with van der Waals surface area (Å²) in [6, 6.07) is 68.8. The molecular weight excluding hydrogens is 645 g/mol. The molecule has 0 saturated heterocycles. The van der Waals surface area contributed by atoms with Gasteiger partial charge in [0.15, 0.2) is 0 Å². The van der Waals surface area contributed by atoms with Gasteiger partial charge >= 0.3 is 0 Å². The monoisotopic (exact) mass is 678 g/mol. The van der Waals surface area contributed by atoms with Crippen LogP contribution in [0.15, 0.2) is 176 Å². The zero-order chi connectivity index (χ0) is 34.5. The van der Waals surface area contributed by atoms with E-state index >= 15 is 0 Å². The maximum Gasteiger partial charge on any atom is 0.0713 e.